The number of anilines is 3. The molecule has 4 aromatic rings. The molecule has 2 aromatic carbocycles. The van der Waals surface area contributed by atoms with E-state index in [1.165, 1.54) is 16.8 Å². The topological polar surface area (TPSA) is 71.3 Å². The van der Waals surface area contributed by atoms with Gasteiger partial charge in [0.25, 0.3) is 11.5 Å². The van der Waals surface area contributed by atoms with Crippen LogP contribution in [0.3, 0.4) is 0 Å². The summed E-state index contributed by atoms with van der Waals surface area (Å²) in [5.41, 5.74) is 3.35. The van der Waals surface area contributed by atoms with Crippen molar-refractivity contribution >= 4 is 45.6 Å². The Morgan fingerprint density at radius 2 is 2.00 bits per heavy atom. The first-order valence-electron chi connectivity index (χ1n) is 10.9. The molecule has 0 radical (unpaired) electrons. The summed E-state index contributed by atoms with van der Waals surface area (Å²) >= 11 is 6.22. The maximum Gasteiger partial charge on any atom is 0.280 e. The molecule has 1 aliphatic heterocycles. The summed E-state index contributed by atoms with van der Waals surface area (Å²) in [5, 5.41) is 1.07. The van der Waals surface area contributed by atoms with Crippen molar-refractivity contribution in [1.29, 1.82) is 0 Å². The van der Waals surface area contributed by atoms with Gasteiger partial charge in [-0.1, -0.05) is 36.4 Å². The van der Waals surface area contributed by atoms with Gasteiger partial charge >= 0.3 is 0 Å². The van der Waals surface area contributed by atoms with E-state index in [2.05, 4.69) is 16.5 Å². The van der Waals surface area contributed by atoms with Crippen molar-refractivity contribution in [2.75, 3.05) is 22.9 Å². The molecule has 0 saturated heterocycles. The third-order valence-corrected chi connectivity index (χ3v) is 5.96. The summed E-state index contributed by atoms with van der Waals surface area (Å²) in [6, 6.07) is 14.4. The van der Waals surface area contributed by atoms with Crippen LogP contribution in [0.5, 0.6) is 0 Å². The molecule has 1 aliphatic rings. The molecule has 0 fully saturated rings. The van der Waals surface area contributed by atoms with Gasteiger partial charge < -0.3 is 9.80 Å². The summed E-state index contributed by atoms with van der Waals surface area (Å²) in [6.07, 6.45) is 2.64. The van der Waals surface area contributed by atoms with Crippen molar-refractivity contribution in [3.8, 4) is 5.69 Å². The Hall–Kier alpha value is -3.97. The van der Waals surface area contributed by atoms with Gasteiger partial charge in [0.15, 0.2) is 5.65 Å². The molecule has 33 heavy (non-hydrogen) atoms. The molecule has 0 N–H and O–H groups in total. The van der Waals surface area contributed by atoms with Crippen LogP contribution < -0.4 is 15.4 Å². The van der Waals surface area contributed by atoms with Gasteiger partial charge in [-0.2, -0.15) is 0 Å². The average Bonchev–Trinajstić information content (AvgIpc) is 2.83. The van der Waals surface area contributed by atoms with Crippen molar-refractivity contribution in [1.82, 2.24) is 14.5 Å². The summed E-state index contributed by atoms with van der Waals surface area (Å²) in [6.45, 7) is 6.35. The first kappa shape index (κ1) is 19.7. The molecule has 3 heterocycles. The molecular formula is C25H20ClN5O2. The fourth-order valence-electron chi connectivity index (χ4n) is 4.27. The molecule has 0 unspecified atom stereocenters. The Labute approximate surface area is 196 Å². The van der Waals surface area contributed by atoms with Gasteiger partial charge in [0.05, 0.1) is 17.1 Å². The number of rotatable bonds is 3. The second kappa shape index (κ2) is 8.18. The van der Waals surface area contributed by atoms with Gasteiger partial charge in [0.1, 0.15) is 13.4 Å². The van der Waals surface area contributed by atoms with Crippen LogP contribution in [0, 0.1) is 6.92 Å². The molecule has 8 heteroatoms. The summed E-state index contributed by atoms with van der Waals surface area (Å²) in [4.78, 5) is 38.3. The number of para-hydroxylation sites is 1. The van der Waals surface area contributed by atoms with Gasteiger partial charge in [-0.3, -0.25) is 14.2 Å². The van der Waals surface area contributed by atoms with Crippen molar-refractivity contribution in [3.63, 3.8) is 0 Å². The summed E-state index contributed by atoms with van der Waals surface area (Å²) in [7, 11) is 0. The molecule has 0 spiro atoms. The Bertz CT molecular complexity index is 1530. The molecule has 7 nitrogen and oxygen atoms in total. The van der Waals surface area contributed by atoms with Crippen molar-refractivity contribution in [2.45, 2.75) is 6.92 Å². The van der Waals surface area contributed by atoms with E-state index in [1.807, 2.05) is 30.0 Å². The molecule has 164 valence electrons. The van der Waals surface area contributed by atoms with E-state index in [4.69, 9.17) is 13.0 Å². The van der Waals surface area contributed by atoms with Crippen molar-refractivity contribution < 1.29 is 6.17 Å². The maximum atomic E-state index is 13.9. The van der Waals surface area contributed by atoms with Crippen LogP contribution in [-0.2, 0) is 4.79 Å². The van der Waals surface area contributed by atoms with Gasteiger partial charge in [-0.15, -0.1) is 0 Å². The van der Waals surface area contributed by atoms with E-state index in [0.717, 1.165) is 16.9 Å². The lowest BCUT2D eigenvalue weighted by molar-refractivity contribution is -0.114. The Morgan fingerprint density at radius 1 is 1.18 bits per heavy atom. The van der Waals surface area contributed by atoms with Crippen molar-refractivity contribution in [3.05, 3.63) is 94.6 Å². The highest BCUT2D eigenvalue weighted by atomic mass is 35.5. The highest BCUT2D eigenvalue weighted by Crippen LogP contribution is 2.39. The number of nitrogens with zero attached hydrogens (tertiary/aromatic N) is 5. The maximum absolute atomic E-state index is 13.9. The third kappa shape index (κ3) is 3.47. The van der Waals surface area contributed by atoms with E-state index in [0.29, 0.717) is 40.5 Å². The number of carbonyl (C=O) groups excluding carboxylic acids is 1. The molecule has 1 amide bonds. The Kier molecular flexibility index (Phi) is 4.88. The van der Waals surface area contributed by atoms with Crippen LogP contribution in [0.2, 0.25) is 5.02 Å². The number of aromatic nitrogens is 3. The van der Waals surface area contributed by atoms with E-state index in [-0.39, 0.29) is 17.8 Å². The molecule has 0 atom stereocenters. The molecule has 0 aliphatic carbocycles. The number of carbonyl (C=O) groups is 1. The first-order valence-corrected chi connectivity index (χ1v) is 10.7. The van der Waals surface area contributed by atoms with E-state index < -0.39 is 0 Å². The normalized spacial score (nSPS) is 13.6. The van der Waals surface area contributed by atoms with Gasteiger partial charge in [0.2, 0.25) is 0 Å². The number of amides is 1. The minimum Gasteiger partial charge on any atom is -0.333 e. The highest BCUT2D eigenvalue weighted by Gasteiger charge is 2.30. The van der Waals surface area contributed by atoms with Crippen LogP contribution in [0.1, 0.15) is 6.93 Å². The van der Waals surface area contributed by atoms with E-state index >= 15 is 0 Å². The zero-order valence-electron chi connectivity index (χ0n) is 18.8. The molecule has 0 saturated carbocycles. The first-order chi connectivity index (χ1) is 16.4. The number of hydrogen-bond donors (Lipinski definition) is 0. The second-order valence-electron chi connectivity index (χ2n) is 7.69. The van der Waals surface area contributed by atoms with Gasteiger partial charge in [-0.05, 0) is 48.9 Å². The second-order valence-corrected chi connectivity index (χ2v) is 8.12. The zero-order valence-corrected chi connectivity index (χ0v) is 18.6. The minimum atomic E-state index is -0.316. The van der Waals surface area contributed by atoms with E-state index in [9.17, 15) is 9.59 Å². The molecule has 5 rings (SSSR count). The molecular weight excluding hydrogens is 438 g/mol. The minimum absolute atomic E-state index is 0.187. The largest absolute Gasteiger partial charge is 0.333 e. The predicted molar refractivity (Wildman–Crippen MR) is 131 cm³/mol. The quantitative estimate of drug-likeness (QED) is 0.425. The standard InChI is InChI=1S/C25H20ClN5O2/c1-3-22(32)30-11-10-29(20-9-4-6-16(2)23(20)30)21-12-17-14-27-15-28-24(17)31(25(21)33)19-8-5-7-18(26)13-19/h3-9,12-15H,1,10-11H2,2H3/i15D. The zero-order chi connectivity index (χ0) is 24.0. The number of benzene rings is 2. The average molecular weight is 459 g/mol. The fraction of sp³-hybridized carbons (Fsp3) is 0.120. The summed E-state index contributed by atoms with van der Waals surface area (Å²) < 4.78 is 9.33. The van der Waals surface area contributed by atoms with Gasteiger partial charge in [-0.25, -0.2) is 9.97 Å². The molecule has 0 bridgehead atoms. The molecule has 2 aromatic heterocycles. The lowest BCUT2D eigenvalue weighted by Gasteiger charge is -2.38. The van der Waals surface area contributed by atoms with Crippen molar-refractivity contribution in [2.24, 2.45) is 0 Å². The van der Waals surface area contributed by atoms with Crippen LogP contribution in [0.15, 0.2) is 78.5 Å². The van der Waals surface area contributed by atoms with Crippen LogP contribution in [0.25, 0.3) is 16.7 Å². The Morgan fingerprint density at radius 3 is 2.79 bits per heavy atom. The number of halogens is 1. The monoisotopic (exact) mass is 458 g/mol. The number of fused-ring (bicyclic) bond motifs is 2. The lowest BCUT2D eigenvalue weighted by Crippen LogP contribution is -2.43. The SMILES string of the molecule is [2H]c1ncc2cc(N3CCN(C(=O)C=C)c4c(C)cccc43)c(=O)n(-c3cccc(Cl)c3)c2n1. The van der Waals surface area contributed by atoms with Crippen LogP contribution in [0.4, 0.5) is 17.1 Å². The highest BCUT2D eigenvalue weighted by molar-refractivity contribution is 6.30. The number of pyridine rings is 1. The lowest BCUT2D eigenvalue weighted by atomic mass is 10.1. The smallest absolute Gasteiger partial charge is 0.280 e. The fourth-order valence-corrected chi connectivity index (χ4v) is 4.46. The number of aryl methyl sites for hydroxylation is 1. The Balaban J connectivity index is 1.79. The van der Waals surface area contributed by atoms with Crippen LogP contribution >= 0.6 is 11.6 Å². The van der Waals surface area contributed by atoms with E-state index in [1.54, 1.807) is 35.2 Å². The number of hydrogen-bond acceptors (Lipinski definition) is 5. The van der Waals surface area contributed by atoms with Crippen LogP contribution in [-0.4, -0.2) is 33.5 Å². The predicted octanol–water partition coefficient (Wildman–Crippen LogP) is 4.41. The third-order valence-electron chi connectivity index (χ3n) is 5.72. The summed E-state index contributed by atoms with van der Waals surface area (Å²) in [5.74, 6) is -0.193. The van der Waals surface area contributed by atoms with Gasteiger partial charge in [0, 0.05) is 29.7 Å².